The zero-order chi connectivity index (χ0) is 33.0. The molecule has 46 heavy (non-hydrogen) atoms. The van der Waals surface area contributed by atoms with Crippen molar-refractivity contribution in [3.05, 3.63) is 94.6 Å². The molecule has 3 aliphatic heterocycles. The second-order valence-corrected chi connectivity index (χ2v) is 13.2. The van der Waals surface area contributed by atoms with E-state index in [9.17, 15) is 24.6 Å². The molecule has 0 radical (unpaired) electrons. The molecule has 8 nitrogen and oxygen atoms in total. The molecule has 244 valence electrons. The van der Waals surface area contributed by atoms with Crippen LogP contribution in [0.3, 0.4) is 0 Å². The van der Waals surface area contributed by atoms with Crippen LogP contribution in [0.1, 0.15) is 76.5 Å². The number of carbonyl (C=O) groups excluding carboxylic acids is 3. The molecule has 2 aromatic rings. The van der Waals surface area contributed by atoms with Crippen LogP contribution in [0.5, 0.6) is 0 Å². The van der Waals surface area contributed by atoms with E-state index in [-0.39, 0.29) is 30.9 Å². The highest BCUT2D eigenvalue weighted by atomic mass is 16.3. The molecule has 1 fully saturated rings. The van der Waals surface area contributed by atoms with Crippen molar-refractivity contribution in [2.75, 3.05) is 29.5 Å². The van der Waals surface area contributed by atoms with Crippen molar-refractivity contribution in [1.82, 2.24) is 4.90 Å². The van der Waals surface area contributed by atoms with Crippen molar-refractivity contribution in [3.8, 4) is 0 Å². The lowest BCUT2D eigenvalue weighted by molar-refractivity contribution is -0.139. The van der Waals surface area contributed by atoms with Gasteiger partial charge in [-0.15, -0.1) is 0 Å². The first-order valence-electron chi connectivity index (χ1n) is 16.5. The molecular formula is C38H47N3O5. The van der Waals surface area contributed by atoms with Gasteiger partial charge in [0.25, 0.3) is 5.91 Å². The van der Waals surface area contributed by atoms with Gasteiger partial charge in [-0.2, -0.15) is 0 Å². The Morgan fingerprint density at radius 3 is 2.54 bits per heavy atom. The minimum Gasteiger partial charge on any atom is -0.394 e. The Hall–Kier alpha value is -4.01. The van der Waals surface area contributed by atoms with Crippen LogP contribution in [-0.4, -0.2) is 58.6 Å². The monoisotopic (exact) mass is 625 g/mol. The number of benzene rings is 2. The lowest BCUT2D eigenvalue weighted by Crippen LogP contribution is -2.46. The van der Waals surface area contributed by atoms with Crippen LogP contribution in [-0.2, 0) is 33.0 Å². The van der Waals surface area contributed by atoms with E-state index in [4.69, 9.17) is 0 Å². The number of fused-ring (bicyclic) bond motifs is 2. The van der Waals surface area contributed by atoms with E-state index >= 15 is 0 Å². The van der Waals surface area contributed by atoms with Gasteiger partial charge in [0.15, 0.2) is 5.60 Å². The molecule has 3 aliphatic rings. The highest BCUT2D eigenvalue weighted by Gasteiger charge is 2.52. The van der Waals surface area contributed by atoms with E-state index in [1.54, 1.807) is 39.8 Å². The van der Waals surface area contributed by atoms with E-state index in [0.717, 1.165) is 36.0 Å². The van der Waals surface area contributed by atoms with Gasteiger partial charge in [-0.1, -0.05) is 66.6 Å². The number of anilines is 2. The number of nitrogens with zero attached hydrogens (tertiary/aromatic N) is 3. The Morgan fingerprint density at radius 2 is 1.85 bits per heavy atom. The smallest absolute Gasteiger partial charge is 0.264 e. The summed E-state index contributed by atoms with van der Waals surface area (Å²) in [6.45, 7) is 9.24. The summed E-state index contributed by atoms with van der Waals surface area (Å²) in [6, 6.07) is 13.2. The third-order valence-electron chi connectivity index (χ3n) is 9.61. The Bertz CT molecular complexity index is 1570. The summed E-state index contributed by atoms with van der Waals surface area (Å²) >= 11 is 0. The maximum atomic E-state index is 14.1. The second-order valence-electron chi connectivity index (χ2n) is 13.2. The third kappa shape index (κ3) is 6.74. The number of hydrogen-bond acceptors (Lipinski definition) is 5. The van der Waals surface area contributed by atoms with Crippen LogP contribution >= 0.6 is 0 Å². The maximum Gasteiger partial charge on any atom is 0.264 e. The second kappa shape index (κ2) is 14.2. The predicted molar refractivity (Wildman–Crippen MR) is 181 cm³/mol. The Labute approximate surface area is 272 Å². The predicted octanol–water partition coefficient (Wildman–Crippen LogP) is 5.57. The van der Waals surface area contributed by atoms with Crippen LogP contribution in [0, 0.1) is 5.92 Å². The van der Waals surface area contributed by atoms with Gasteiger partial charge in [0.2, 0.25) is 11.8 Å². The fraction of sp³-hybridized carbons (Fsp3) is 0.447. The van der Waals surface area contributed by atoms with Gasteiger partial charge < -0.3 is 24.9 Å². The molecule has 0 spiro atoms. The molecule has 0 unspecified atom stereocenters. The molecule has 5 rings (SSSR count). The molecule has 3 heterocycles. The average molecular weight is 626 g/mol. The Balaban J connectivity index is 1.37. The van der Waals surface area contributed by atoms with Gasteiger partial charge >= 0.3 is 0 Å². The molecule has 2 aromatic carbocycles. The summed E-state index contributed by atoms with van der Waals surface area (Å²) in [4.78, 5) is 45.1. The Kier molecular flexibility index (Phi) is 10.3. The van der Waals surface area contributed by atoms with E-state index in [1.165, 1.54) is 5.57 Å². The first kappa shape index (κ1) is 33.4. The van der Waals surface area contributed by atoms with Gasteiger partial charge in [0.1, 0.15) is 0 Å². The summed E-state index contributed by atoms with van der Waals surface area (Å²) in [5.41, 5.74) is 4.57. The van der Waals surface area contributed by atoms with Gasteiger partial charge in [0.05, 0.1) is 18.3 Å². The van der Waals surface area contributed by atoms with Gasteiger partial charge in [-0.05, 0) is 75.8 Å². The number of carbonyl (C=O) groups is 3. The highest BCUT2D eigenvalue weighted by molar-refractivity contribution is 6.08. The molecule has 3 amide bonds. The number of amides is 3. The molecule has 2 N–H and O–H groups in total. The SMILES string of the molecule is CC(C)=CCC/C(C)=C/CN1C(=O)[C@](O)([C@H](C)/C=C/CC(=O)N2Cc3ccccc3C[C@H]2CO)c2cc(N3CCCC3=O)ccc21. The standard InChI is InChI=1S/C38H47N3O5/c1-26(2)10-7-11-27(3)19-21-40-34-18-17-31(39-20-9-16-35(39)43)23-33(34)38(46,37(40)45)28(4)12-8-15-36(44)41-24-30-14-6-5-13-29(30)22-32(41)25-42/h5-6,8,10,12-14,17-19,23,28,32,42,46H,7,9,11,15-16,20-22,24-25H2,1-4H3/b12-8+,27-19+/t28-,32+,38+/m1/s1. The van der Waals surface area contributed by atoms with Crippen molar-refractivity contribution in [3.63, 3.8) is 0 Å². The van der Waals surface area contributed by atoms with Crippen LogP contribution in [0.2, 0.25) is 0 Å². The minimum atomic E-state index is -1.87. The quantitative estimate of drug-likeness (QED) is 0.318. The summed E-state index contributed by atoms with van der Waals surface area (Å²) in [7, 11) is 0. The molecule has 0 aromatic heterocycles. The van der Waals surface area contributed by atoms with Crippen LogP contribution in [0.25, 0.3) is 0 Å². The first-order chi connectivity index (χ1) is 22.0. The van der Waals surface area contributed by atoms with Crippen molar-refractivity contribution >= 4 is 29.1 Å². The summed E-state index contributed by atoms with van der Waals surface area (Å²) in [5, 5.41) is 22.3. The molecule has 1 saturated heterocycles. The van der Waals surface area contributed by atoms with Gasteiger partial charge in [-0.3, -0.25) is 14.4 Å². The van der Waals surface area contributed by atoms with E-state index < -0.39 is 17.4 Å². The largest absolute Gasteiger partial charge is 0.394 e. The molecule has 0 saturated carbocycles. The number of rotatable bonds is 11. The maximum absolute atomic E-state index is 14.1. The van der Waals surface area contributed by atoms with Crippen LogP contribution in [0.15, 0.2) is 77.9 Å². The fourth-order valence-electron chi connectivity index (χ4n) is 6.82. The van der Waals surface area contributed by atoms with E-state index in [2.05, 4.69) is 26.8 Å². The summed E-state index contributed by atoms with van der Waals surface area (Å²) in [6.07, 6.45) is 11.4. The number of aliphatic hydroxyl groups is 2. The molecule has 0 bridgehead atoms. The highest BCUT2D eigenvalue weighted by Crippen LogP contribution is 2.47. The van der Waals surface area contributed by atoms with Crippen LogP contribution in [0.4, 0.5) is 11.4 Å². The normalized spacial score (nSPS) is 22.0. The van der Waals surface area contributed by atoms with Gasteiger partial charge in [0, 0.05) is 49.6 Å². The van der Waals surface area contributed by atoms with Crippen molar-refractivity contribution in [1.29, 1.82) is 0 Å². The summed E-state index contributed by atoms with van der Waals surface area (Å²) in [5.74, 6) is -1.16. The molecule has 3 atom stereocenters. The van der Waals surface area contributed by atoms with E-state index in [0.29, 0.717) is 49.4 Å². The number of allylic oxidation sites excluding steroid dienone is 3. The number of hydrogen-bond donors (Lipinski definition) is 2. The van der Waals surface area contributed by atoms with Crippen molar-refractivity contribution in [2.45, 2.75) is 84.4 Å². The zero-order valence-corrected chi connectivity index (χ0v) is 27.5. The molecule has 0 aliphatic carbocycles. The van der Waals surface area contributed by atoms with E-state index in [1.807, 2.05) is 42.5 Å². The van der Waals surface area contributed by atoms with Crippen molar-refractivity contribution in [2.24, 2.45) is 5.92 Å². The zero-order valence-electron chi connectivity index (χ0n) is 27.5. The van der Waals surface area contributed by atoms with Gasteiger partial charge in [-0.25, -0.2) is 0 Å². The van der Waals surface area contributed by atoms with Crippen LogP contribution < -0.4 is 9.80 Å². The topological polar surface area (TPSA) is 101 Å². The molecule has 8 heteroatoms. The third-order valence-corrected chi connectivity index (χ3v) is 9.61. The number of aliphatic hydroxyl groups excluding tert-OH is 1. The molecular weight excluding hydrogens is 578 g/mol. The first-order valence-corrected chi connectivity index (χ1v) is 16.5. The summed E-state index contributed by atoms with van der Waals surface area (Å²) < 4.78 is 0. The lowest BCUT2D eigenvalue weighted by atomic mass is 9.82. The minimum absolute atomic E-state index is 0.0348. The van der Waals surface area contributed by atoms with Crippen molar-refractivity contribution < 1.29 is 24.6 Å². The Morgan fingerprint density at radius 1 is 1.09 bits per heavy atom. The fourth-order valence-corrected chi connectivity index (χ4v) is 6.82. The average Bonchev–Trinajstić information content (AvgIpc) is 3.57. The lowest BCUT2D eigenvalue weighted by Gasteiger charge is -2.36.